The molecule has 0 rings (SSSR count). The molecular weight excluding hydrogens is 98.1 g/mol. The molecule has 8 heavy (non-hydrogen) atoms. The average molecular weight is 115 g/mol. The normalized spacial score (nSPS) is 7.38. The van der Waals surface area contributed by atoms with Crippen LogP contribution in [0.3, 0.4) is 0 Å². The third-order valence-corrected chi connectivity index (χ3v) is 0.714. The zero-order chi connectivity index (χ0) is 5.70. The zero-order valence-corrected chi connectivity index (χ0v) is 5.28. The molecule has 0 atom stereocenters. The Kier molecular flexibility index (Phi) is 8.91. The SMILES string of the molecule is C.CNCC=C(C)C. The van der Waals surface area contributed by atoms with Crippen LogP contribution in [0.2, 0.25) is 0 Å². The Labute approximate surface area is 52.8 Å². The van der Waals surface area contributed by atoms with Gasteiger partial charge in [-0.3, -0.25) is 0 Å². The van der Waals surface area contributed by atoms with Crippen LogP contribution in [0.15, 0.2) is 11.6 Å². The molecule has 1 N–H and O–H groups in total. The highest BCUT2D eigenvalue weighted by atomic mass is 14.8. The number of nitrogens with one attached hydrogen (secondary N) is 1. The molecule has 0 saturated heterocycles. The van der Waals surface area contributed by atoms with Crippen molar-refractivity contribution in [1.82, 2.24) is 5.32 Å². The molecule has 0 fully saturated rings. The Hall–Kier alpha value is -0.300. The van der Waals surface area contributed by atoms with E-state index in [0.717, 1.165) is 6.54 Å². The van der Waals surface area contributed by atoms with E-state index in [1.54, 1.807) is 0 Å². The third-order valence-electron chi connectivity index (χ3n) is 0.714. The average Bonchev–Trinajstić information content (AvgIpc) is 1.61. The number of allylic oxidation sites excluding steroid dienone is 1. The van der Waals surface area contributed by atoms with Gasteiger partial charge < -0.3 is 5.32 Å². The Morgan fingerprint density at radius 2 is 2.00 bits per heavy atom. The Morgan fingerprint density at radius 1 is 1.50 bits per heavy atom. The lowest BCUT2D eigenvalue weighted by Gasteiger charge is -1.88. The van der Waals surface area contributed by atoms with Gasteiger partial charge in [-0.2, -0.15) is 0 Å². The molecule has 0 heterocycles. The molecule has 0 aromatic carbocycles. The van der Waals surface area contributed by atoms with Crippen LogP contribution in [-0.2, 0) is 0 Å². The molecule has 1 nitrogen and oxygen atoms in total. The summed E-state index contributed by atoms with van der Waals surface area (Å²) in [5.74, 6) is 0. The lowest BCUT2D eigenvalue weighted by molar-refractivity contribution is 0.912. The van der Waals surface area contributed by atoms with Gasteiger partial charge in [-0.15, -0.1) is 0 Å². The monoisotopic (exact) mass is 115 g/mol. The van der Waals surface area contributed by atoms with Gasteiger partial charge in [-0.25, -0.2) is 0 Å². The van der Waals surface area contributed by atoms with Gasteiger partial charge in [0, 0.05) is 6.54 Å². The van der Waals surface area contributed by atoms with E-state index < -0.39 is 0 Å². The predicted molar refractivity (Wildman–Crippen MR) is 40.1 cm³/mol. The molecule has 0 bridgehead atoms. The minimum absolute atomic E-state index is 0. The van der Waals surface area contributed by atoms with Crippen molar-refractivity contribution in [3.8, 4) is 0 Å². The summed E-state index contributed by atoms with van der Waals surface area (Å²) in [4.78, 5) is 0. The first kappa shape index (κ1) is 10.6. The van der Waals surface area contributed by atoms with Crippen LogP contribution in [0.4, 0.5) is 0 Å². The van der Waals surface area contributed by atoms with Crippen molar-refractivity contribution in [2.24, 2.45) is 0 Å². The molecule has 0 amide bonds. The lowest BCUT2D eigenvalue weighted by Crippen LogP contribution is -2.04. The van der Waals surface area contributed by atoms with Crippen LogP contribution in [0.25, 0.3) is 0 Å². The molecular formula is C7H17N. The maximum absolute atomic E-state index is 3.02. The number of likely N-dealkylation sites (N-methyl/N-ethyl adjacent to an activating group) is 1. The highest BCUT2D eigenvalue weighted by Crippen LogP contribution is 1.83. The molecule has 1 heteroatoms. The maximum Gasteiger partial charge on any atom is 0.0134 e. The first-order valence-corrected chi connectivity index (χ1v) is 2.55. The van der Waals surface area contributed by atoms with Crippen LogP contribution in [0, 0.1) is 0 Å². The van der Waals surface area contributed by atoms with Crippen molar-refractivity contribution < 1.29 is 0 Å². The van der Waals surface area contributed by atoms with Crippen molar-refractivity contribution in [2.75, 3.05) is 13.6 Å². The Balaban J connectivity index is 0. The van der Waals surface area contributed by atoms with E-state index in [-0.39, 0.29) is 7.43 Å². The van der Waals surface area contributed by atoms with E-state index >= 15 is 0 Å². The second kappa shape index (κ2) is 6.70. The highest BCUT2D eigenvalue weighted by molar-refractivity contribution is 4.93. The zero-order valence-electron chi connectivity index (χ0n) is 5.28. The van der Waals surface area contributed by atoms with Gasteiger partial charge in [0.05, 0.1) is 0 Å². The smallest absolute Gasteiger partial charge is 0.0134 e. The molecule has 0 radical (unpaired) electrons. The summed E-state index contributed by atoms with van der Waals surface area (Å²) < 4.78 is 0. The summed E-state index contributed by atoms with van der Waals surface area (Å²) in [5, 5.41) is 3.02. The van der Waals surface area contributed by atoms with Gasteiger partial charge in [-0.05, 0) is 20.9 Å². The van der Waals surface area contributed by atoms with E-state index in [2.05, 4.69) is 25.2 Å². The maximum atomic E-state index is 3.02. The molecule has 50 valence electrons. The van der Waals surface area contributed by atoms with Crippen molar-refractivity contribution >= 4 is 0 Å². The van der Waals surface area contributed by atoms with Crippen LogP contribution >= 0.6 is 0 Å². The lowest BCUT2D eigenvalue weighted by atomic mass is 10.3. The Morgan fingerprint density at radius 3 is 2.12 bits per heavy atom. The minimum Gasteiger partial charge on any atom is -0.316 e. The molecule has 0 aliphatic rings. The molecule has 0 aliphatic carbocycles. The second-order valence-corrected chi connectivity index (χ2v) is 1.84. The van der Waals surface area contributed by atoms with Crippen molar-refractivity contribution in [2.45, 2.75) is 21.3 Å². The highest BCUT2D eigenvalue weighted by Gasteiger charge is 1.71. The van der Waals surface area contributed by atoms with Gasteiger partial charge in [0.1, 0.15) is 0 Å². The molecule has 0 aliphatic heterocycles. The number of hydrogen-bond donors (Lipinski definition) is 1. The summed E-state index contributed by atoms with van der Waals surface area (Å²) in [6, 6.07) is 0. The van der Waals surface area contributed by atoms with Gasteiger partial charge in [-0.1, -0.05) is 19.1 Å². The van der Waals surface area contributed by atoms with E-state index in [1.807, 2.05) is 7.05 Å². The van der Waals surface area contributed by atoms with Gasteiger partial charge in [0.15, 0.2) is 0 Å². The van der Waals surface area contributed by atoms with Crippen LogP contribution in [0.1, 0.15) is 21.3 Å². The second-order valence-electron chi connectivity index (χ2n) is 1.84. The van der Waals surface area contributed by atoms with Crippen LogP contribution < -0.4 is 5.32 Å². The minimum atomic E-state index is 0. The van der Waals surface area contributed by atoms with Crippen LogP contribution in [-0.4, -0.2) is 13.6 Å². The summed E-state index contributed by atoms with van der Waals surface area (Å²) in [5.41, 5.74) is 1.37. The summed E-state index contributed by atoms with van der Waals surface area (Å²) in [7, 11) is 1.94. The van der Waals surface area contributed by atoms with E-state index in [4.69, 9.17) is 0 Å². The fourth-order valence-corrected chi connectivity index (χ4v) is 0.306. The largest absolute Gasteiger partial charge is 0.316 e. The predicted octanol–water partition coefficient (Wildman–Crippen LogP) is 1.81. The fraction of sp³-hybridized carbons (Fsp3) is 0.714. The summed E-state index contributed by atoms with van der Waals surface area (Å²) in [6.07, 6.45) is 2.15. The molecule has 0 spiro atoms. The summed E-state index contributed by atoms with van der Waals surface area (Å²) in [6.45, 7) is 5.18. The first-order chi connectivity index (χ1) is 3.27. The van der Waals surface area contributed by atoms with Gasteiger partial charge in [0.25, 0.3) is 0 Å². The third kappa shape index (κ3) is 9.20. The van der Waals surface area contributed by atoms with Crippen molar-refractivity contribution in [3.63, 3.8) is 0 Å². The van der Waals surface area contributed by atoms with E-state index in [9.17, 15) is 0 Å². The molecule has 0 unspecified atom stereocenters. The first-order valence-electron chi connectivity index (χ1n) is 2.55. The van der Waals surface area contributed by atoms with E-state index in [1.165, 1.54) is 5.57 Å². The molecule has 0 aromatic heterocycles. The molecule has 0 aromatic rings. The van der Waals surface area contributed by atoms with E-state index in [0.29, 0.717) is 0 Å². The number of rotatable bonds is 2. The Bertz CT molecular complexity index is 60.8. The van der Waals surface area contributed by atoms with Crippen LogP contribution in [0.5, 0.6) is 0 Å². The van der Waals surface area contributed by atoms with Crippen molar-refractivity contribution in [1.29, 1.82) is 0 Å². The molecule has 0 saturated carbocycles. The fourth-order valence-electron chi connectivity index (χ4n) is 0.306. The quantitative estimate of drug-likeness (QED) is 0.541. The summed E-state index contributed by atoms with van der Waals surface area (Å²) >= 11 is 0. The van der Waals surface area contributed by atoms with Gasteiger partial charge in [0.2, 0.25) is 0 Å². The number of hydrogen-bond acceptors (Lipinski definition) is 1. The van der Waals surface area contributed by atoms with Crippen molar-refractivity contribution in [3.05, 3.63) is 11.6 Å². The topological polar surface area (TPSA) is 12.0 Å². The standard InChI is InChI=1S/C6H13N.CH4/c1-6(2)4-5-7-3;/h4,7H,5H2,1-3H3;1H4. The van der Waals surface area contributed by atoms with Gasteiger partial charge >= 0.3 is 0 Å².